The zero-order chi connectivity index (χ0) is 13.8. The summed E-state index contributed by atoms with van der Waals surface area (Å²) in [5.74, 6) is 2.41. The van der Waals surface area contributed by atoms with Crippen LogP contribution >= 0.6 is 0 Å². The summed E-state index contributed by atoms with van der Waals surface area (Å²) in [7, 11) is 0. The Bertz CT molecular complexity index is 439. The number of carbonyl (C=O) groups is 1. The average Bonchev–Trinajstić information content (AvgIpc) is 2.43. The smallest absolute Gasteiger partial charge is 0.166 e. The molecule has 19 heavy (non-hydrogen) atoms. The third-order valence-corrected chi connectivity index (χ3v) is 4.35. The molecule has 0 spiro atoms. The van der Waals surface area contributed by atoms with Gasteiger partial charge in [0.15, 0.2) is 5.78 Å². The Morgan fingerprint density at radius 1 is 1.21 bits per heavy atom. The molecule has 1 aliphatic carbocycles. The molecule has 0 heterocycles. The maximum Gasteiger partial charge on any atom is 0.166 e. The van der Waals surface area contributed by atoms with Gasteiger partial charge in [-0.3, -0.25) is 4.79 Å². The molecular formula is C17H24O2. The van der Waals surface area contributed by atoms with Gasteiger partial charge in [-0.25, -0.2) is 0 Å². The van der Waals surface area contributed by atoms with Gasteiger partial charge in [-0.1, -0.05) is 32.9 Å². The zero-order valence-corrected chi connectivity index (χ0v) is 12.2. The molecule has 2 nitrogen and oxygen atoms in total. The fourth-order valence-electron chi connectivity index (χ4n) is 2.77. The molecule has 3 atom stereocenters. The molecule has 1 saturated carbocycles. The zero-order valence-electron chi connectivity index (χ0n) is 12.2. The quantitative estimate of drug-likeness (QED) is 0.746. The van der Waals surface area contributed by atoms with Gasteiger partial charge in [-0.15, -0.1) is 0 Å². The summed E-state index contributed by atoms with van der Waals surface area (Å²) < 4.78 is 6.11. The molecule has 1 aromatic rings. The van der Waals surface area contributed by atoms with Crippen molar-refractivity contribution in [2.75, 3.05) is 0 Å². The first-order chi connectivity index (χ1) is 9.11. The number of rotatable bonds is 4. The Labute approximate surface area is 116 Å². The molecule has 0 aromatic heterocycles. The number of hydrogen-bond donors (Lipinski definition) is 0. The second kappa shape index (κ2) is 6.23. The fourth-order valence-corrected chi connectivity index (χ4v) is 2.77. The molecule has 1 fully saturated rings. The van der Waals surface area contributed by atoms with Crippen LogP contribution in [0.5, 0.6) is 5.75 Å². The van der Waals surface area contributed by atoms with E-state index in [4.69, 9.17) is 4.74 Å². The van der Waals surface area contributed by atoms with Crippen LogP contribution in [-0.4, -0.2) is 11.9 Å². The van der Waals surface area contributed by atoms with Gasteiger partial charge >= 0.3 is 0 Å². The van der Waals surface area contributed by atoms with E-state index in [1.165, 1.54) is 6.42 Å². The lowest BCUT2D eigenvalue weighted by Gasteiger charge is -2.32. The summed E-state index contributed by atoms with van der Waals surface area (Å²) in [5.41, 5.74) is 0.733. The van der Waals surface area contributed by atoms with Gasteiger partial charge in [-0.05, 0) is 43.2 Å². The molecule has 0 saturated heterocycles. The van der Waals surface area contributed by atoms with Gasteiger partial charge in [0.25, 0.3) is 0 Å². The van der Waals surface area contributed by atoms with Crippen molar-refractivity contribution in [2.45, 2.75) is 52.6 Å². The number of para-hydroxylation sites is 1. The number of ketones is 1. The fraction of sp³-hybridized carbons (Fsp3) is 0.588. The van der Waals surface area contributed by atoms with Gasteiger partial charge in [0.05, 0.1) is 11.7 Å². The highest BCUT2D eigenvalue weighted by molar-refractivity contribution is 5.98. The molecule has 3 unspecified atom stereocenters. The maximum absolute atomic E-state index is 11.9. The van der Waals surface area contributed by atoms with E-state index >= 15 is 0 Å². The Balaban J connectivity index is 2.09. The van der Waals surface area contributed by atoms with Crippen LogP contribution in [0, 0.1) is 11.8 Å². The van der Waals surface area contributed by atoms with E-state index in [1.54, 1.807) is 0 Å². The van der Waals surface area contributed by atoms with Gasteiger partial charge in [0.1, 0.15) is 5.75 Å². The molecular weight excluding hydrogens is 236 g/mol. The second-order valence-electron chi connectivity index (χ2n) is 5.78. The molecule has 0 radical (unpaired) electrons. The van der Waals surface area contributed by atoms with E-state index < -0.39 is 0 Å². The molecule has 104 valence electrons. The molecule has 2 heteroatoms. The van der Waals surface area contributed by atoms with Crippen LogP contribution in [0.15, 0.2) is 24.3 Å². The average molecular weight is 260 g/mol. The molecule has 0 amide bonds. The minimum absolute atomic E-state index is 0.160. The Hall–Kier alpha value is -1.31. The highest BCUT2D eigenvalue weighted by Crippen LogP contribution is 2.32. The molecule has 0 bridgehead atoms. The maximum atomic E-state index is 11.9. The number of Topliss-reactive ketones (excluding diaryl/α,β-unsaturated/α-hetero) is 1. The Kier molecular flexibility index (Phi) is 4.62. The van der Waals surface area contributed by atoms with Crippen LogP contribution in [0.2, 0.25) is 0 Å². The minimum atomic E-state index is 0.160. The normalized spacial score (nSPS) is 27.0. The largest absolute Gasteiger partial charge is 0.490 e. The minimum Gasteiger partial charge on any atom is -0.490 e. The molecule has 1 aromatic carbocycles. The van der Waals surface area contributed by atoms with Crippen LogP contribution in [-0.2, 0) is 0 Å². The van der Waals surface area contributed by atoms with E-state index in [2.05, 4.69) is 13.8 Å². The van der Waals surface area contributed by atoms with Crippen molar-refractivity contribution < 1.29 is 9.53 Å². The van der Waals surface area contributed by atoms with E-state index in [-0.39, 0.29) is 11.9 Å². The molecule has 0 N–H and O–H groups in total. The van der Waals surface area contributed by atoms with Gasteiger partial charge in [-0.2, -0.15) is 0 Å². The Morgan fingerprint density at radius 2 is 1.95 bits per heavy atom. The highest BCUT2D eigenvalue weighted by atomic mass is 16.5. The SMILES string of the molecule is CCC(=O)c1ccccc1OC1CCC(C)C(C)C1. The highest BCUT2D eigenvalue weighted by Gasteiger charge is 2.26. The molecule has 0 aliphatic heterocycles. The van der Waals surface area contributed by atoms with Crippen LogP contribution in [0.3, 0.4) is 0 Å². The third-order valence-electron chi connectivity index (χ3n) is 4.35. The predicted octanol–water partition coefficient (Wildman–Crippen LogP) is 4.48. The van der Waals surface area contributed by atoms with Crippen LogP contribution in [0.1, 0.15) is 56.8 Å². The van der Waals surface area contributed by atoms with Crippen molar-refractivity contribution in [3.63, 3.8) is 0 Å². The lowest BCUT2D eigenvalue weighted by Crippen LogP contribution is -2.29. The molecule has 1 aliphatic rings. The summed E-state index contributed by atoms with van der Waals surface area (Å²) in [6, 6.07) is 7.64. The summed E-state index contributed by atoms with van der Waals surface area (Å²) in [6.07, 6.45) is 4.20. The van der Waals surface area contributed by atoms with Gasteiger partial charge < -0.3 is 4.74 Å². The third kappa shape index (κ3) is 3.37. The number of benzene rings is 1. The van der Waals surface area contributed by atoms with Gasteiger partial charge in [0, 0.05) is 6.42 Å². The molecule has 2 rings (SSSR count). The first kappa shape index (κ1) is 14.1. The van der Waals surface area contributed by atoms with Crippen LogP contribution in [0.25, 0.3) is 0 Å². The van der Waals surface area contributed by atoms with Crippen LogP contribution < -0.4 is 4.74 Å². The summed E-state index contributed by atoms with van der Waals surface area (Å²) in [6.45, 7) is 6.50. The second-order valence-corrected chi connectivity index (χ2v) is 5.78. The number of ether oxygens (including phenoxy) is 1. The Morgan fingerprint density at radius 3 is 2.63 bits per heavy atom. The lowest BCUT2D eigenvalue weighted by atomic mass is 9.80. The predicted molar refractivity (Wildman–Crippen MR) is 77.7 cm³/mol. The van der Waals surface area contributed by atoms with E-state index in [9.17, 15) is 4.79 Å². The first-order valence-corrected chi connectivity index (χ1v) is 7.40. The van der Waals surface area contributed by atoms with Crippen molar-refractivity contribution in [1.82, 2.24) is 0 Å². The van der Waals surface area contributed by atoms with Crippen molar-refractivity contribution in [1.29, 1.82) is 0 Å². The van der Waals surface area contributed by atoms with Crippen molar-refractivity contribution >= 4 is 5.78 Å². The summed E-state index contributed by atoms with van der Waals surface area (Å²) in [5, 5.41) is 0. The number of carbonyl (C=O) groups excluding carboxylic acids is 1. The topological polar surface area (TPSA) is 26.3 Å². The van der Waals surface area contributed by atoms with Crippen molar-refractivity contribution in [3.8, 4) is 5.75 Å². The van der Waals surface area contributed by atoms with Crippen molar-refractivity contribution in [2.24, 2.45) is 11.8 Å². The lowest BCUT2D eigenvalue weighted by molar-refractivity contribution is 0.0925. The summed E-state index contributed by atoms with van der Waals surface area (Å²) >= 11 is 0. The van der Waals surface area contributed by atoms with Crippen molar-refractivity contribution in [3.05, 3.63) is 29.8 Å². The van der Waals surface area contributed by atoms with E-state index in [1.807, 2.05) is 31.2 Å². The summed E-state index contributed by atoms with van der Waals surface area (Å²) in [4.78, 5) is 11.9. The van der Waals surface area contributed by atoms with E-state index in [0.29, 0.717) is 12.3 Å². The van der Waals surface area contributed by atoms with E-state index in [0.717, 1.165) is 30.1 Å². The monoisotopic (exact) mass is 260 g/mol. The van der Waals surface area contributed by atoms with Crippen LogP contribution in [0.4, 0.5) is 0 Å². The standard InChI is InChI=1S/C17H24O2/c1-4-16(18)15-7-5-6-8-17(15)19-14-10-9-12(2)13(3)11-14/h5-8,12-14H,4,9-11H2,1-3H3. The van der Waals surface area contributed by atoms with Gasteiger partial charge in [0.2, 0.25) is 0 Å². The first-order valence-electron chi connectivity index (χ1n) is 7.40. The number of hydrogen-bond acceptors (Lipinski definition) is 2.